The van der Waals surface area contributed by atoms with E-state index in [0.717, 1.165) is 23.8 Å². The van der Waals surface area contributed by atoms with Crippen LogP contribution in [0.25, 0.3) is 0 Å². The summed E-state index contributed by atoms with van der Waals surface area (Å²) < 4.78 is 37.3. The van der Waals surface area contributed by atoms with Crippen molar-refractivity contribution >= 4 is 17.6 Å². The lowest BCUT2D eigenvalue weighted by Gasteiger charge is -2.14. The molecule has 0 saturated carbocycles. The van der Waals surface area contributed by atoms with Crippen molar-refractivity contribution in [3.63, 3.8) is 0 Å². The highest BCUT2D eigenvalue weighted by Crippen LogP contribution is 2.20. The third-order valence-corrected chi connectivity index (χ3v) is 3.73. The van der Waals surface area contributed by atoms with Gasteiger partial charge in [0.15, 0.2) is 6.10 Å². The van der Waals surface area contributed by atoms with Gasteiger partial charge in [0.25, 0.3) is 5.91 Å². The summed E-state index contributed by atoms with van der Waals surface area (Å²) in [7, 11) is 0. The molecule has 0 unspecified atom stereocenters. The van der Waals surface area contributed by atoms with E-state index in [1.165, 1.54) is 6.92 Å². The van der Waals surface area contributed by atoms with Gasteiger partial charge in [-0.2, -0.15) is 0 Å². The standard InChI is InChI=1S/C20H21F2NO4/c1-3-26-18-7-5-4-6-14(18)8-11-19(24)27-13(2)20(25)23-17-12-15(21)9-10-16(17)22/h4-7,9-10,12-13H,3,8,11H2,1-2H3,(H,23,25)/t13-/m1/s1. The van der Waals surface area contributed by atoms with Gasteiger partial charge in [0.2, 0.25) is 0 Å². The van der Waals surface area contributed by atoms with Crippen molar-refractivity contribution in [2.75, 3.05) is 11.9 Å². The molecule has 2 rings (SSSR count). The smallest absolute Gasteiger partial charge is 0.306 e. The highest BCUT2D eigenvalue weighted by molar-refractivity contribution is 5.95. The number of halogens is 2. The third-order valence-electron chi connectivity index (χ3n) is 3.73. The lowest BCUT2D eigenvalue weighted by Crippen LogP contribution is -2.30. The molecule has 0 aliphatic rings. The number of carbonyl (C=O) groups excluding carboxylic acids is 2. The maximum Gasteiger partial charge on any atom is 0.306 e. The number of hydrogen-bond acceptors (Lipinski definition) is 4. The number of amides is 1. The van der Waals surface area contributed by atoms with E-state index < -0.39 is 29.6 Å². The number of rotatable bonds is 8. The molecule has 1 N–H and O–H groups in total. The Morgan fingerprint density at radius 3 is 2.63 bits per heavy atom. The molecule has 0 aliphatic heterocycles. The van der Waals surface area contributed by atoms with Gasteiger partial charge in [-0.05, 0) is 44.0 Å². The van der Waals surface area contributed by atoms with Crippen molar-refractivity contribution in [3.05, 3.63) is 59.7 Å². The fraction of sp³-hybridized carbons (Fsp3) is 0.300. The van der Waals surface area contributed by atoms with Crippen LogP contribution in [-0.2, 0) is 20.7 Å². The zero-order valence-corrected chi connectivity index (χ0v) is 15.1. The molecule has 0 fully saturated rings. The molecular weight excluding hydrogens is 356 g/mol. The molecule has 0 aliphatic carbocycles. The molecule has 0 aromatic heterocycles. The number of nitrogens with one attached hydrogen (secondary N) is 1. The normalized spacial score (nSPS) is 11.6. The summed E-state index contributed by atoms with van der Waals surface area (Å²) in [5.41, 5.74) is 0.545. The van der Waals surface area contributed by atoms with Gasteiger partial charge in [-0.15, -0.1) is 0 Å². The van der Waals surface area contributed by atoms with Gasteiger partial charge in [-0.25, -0.2) is 8.78 Å². The largest absolute Gasteiger partial charge is 0.494 e. The van der Waals surface area contributed by atoms with Crippen molar-refractivity contribution in [1.29, 1.82) is 0 Å². The van der Waals surface area contributed by atoms with E-state index in [4.69, 9.17) is 9.47 Å². The van der Waals surface area contributed by atoms with Gasteiger partial charge >= 0.3 is 5.97 Å². The zero-order chi connectivity index (χ0) is 19.8. The summed E-state index contributed by atoms with van der Waals surface area (Å²) in [6.07, 6.45) is -0.708. The Bertz CT molecular complexity index is 810. The third kappa shape index (κ3) is 6.06. The molecule has 0 radical (unpaired) electrons. The summed E-state index contributed by atoms with van der Waals surface area (Å²) in [5.74, 6) is -2.11. The molecule has 0 heterocycles. The van der Waals surface area contributed by atoms with Crippen LogP contribution in [0.2, 0.25) is 0 Å². The first-order valence-electron chi connectivity index (χ1n) is 8.56. The number of benzene rings is 2. The van der Waals surface area contributed by atoms with Crippen LogP contribution in [0, 0.1) is 11.6 Å². The SMILES string of the molecule is CCOc1ccccc1CCC(=O)O[C@H](C)C(=O)Nc1cc(F)ccc1F. The molecule has 0 bridgehead atoms. The summed E-state index contributed by atoms with van der Waals surface area (Å²) in [4.78, 5) is 24.0. The maximum atomic E-state index is 13.6. The summed E-state index contributed by atoms with van der Waals surface area (Å²) in [6.45, 7) is 3.74. The Morgan fingerprint density at radius 2 is 1.89 bits per heavy atom. The lowest BCUT2D eigenvalue weighted by molar-refractivity contribution is -0.153. The van der Waals surface area contributed by atoms with E-state index in [2.05, 4.69) is 5.32 Å². The summed E-state index contributed by atoms with van der Waals surface area (Å²) in [5, 5.41) is 2.20. The topological polar surface area (TPSA) is 64.6 Å². The van der Waals surface area contributed by atoms with E-state index in [9.17, 15) is 18.4 Å². The molecule has 0 saturated heterocycles. The van der Waals surface area contributed by atoms with Gasteiger partial charge < -0.3 is 14.8 Å². The molecular formula is C20H21F2NO4. The average Bonchev–Trinajstić information content (AvgIpc) is 2.64. The number of ether oxygens (including phenoxy) is 2. The monoisotopic (exact) mass is 377 g/mol. The van der Waals surface area contributed by atoms with Crippen molar-refractivity contribution in [2.24, 2.45) is 0 Å². The minimum Gasteiger partial charge on any atom is -0.494 e. The minimum absolute atomic E-state index is 0.0516. The van der Waals surface area contributed by atoms with Gasteiger partial charge in [0.1, 0.15) is 17.4 Å². The van der Waals surface area contributed by atoms with Crippen LogP contribution in [0.5, 0.6) is 5.75 Å². The first-order valence-corrected chi connectivity index (χ1v) is 8.56. The number of para-hydroxylation sites is 1. The Morgan fingerprint density at radius 1 is 1.15 bits per heavy atom. The quantitative estimate of drug-likeness (QED) is 0.710. The molecule has 5 nitrogen and oxygen atoms in total. The number of carbonyl (C=O) groups is 2. The van der Waals surface area contributed by atoms with Gasteiger partial charge in [0.05, 0.1) is 12.3 Å². The van der Waals surface area contributed by atoms with Crippen LogP contribution >= 0.6 is 0 Å². The minimum atomic E-state index is -1.15. The molecule has 2 aromatic carbocycles. The Kier molecular flexibility index (Phi) is 7.28. The van der Waals surface area contributed by atoms with Crippen molar-refractivity contribution in [3.8, 4) is 5.75 Å². The van der Waals surface area contributed by atoms with E-state index in [0.29, 0.717) is 18.8 Å². The Hall–Kier alpha value is -2.96. The summed E-state index contributed by atoms with van der Waals surface area (Å²) >= 11 is 0. The Balaban J connectivity index is 1.88. The van der Waals surface area contributed by atoms with Crippen molar-refractivity contribution in [1.82, 2.24) is 0 Å². The Labute approximate surface area is 156 Å². The first-order chi connectivity index (χ1) is 12.9. The zero-order valence-electron chi connectivity index (χ0n) is 15.1. The van der Waals surface area contributed by atoms with E-state index in [1.807, 2.05) is 31.2 Å². The second-order valence-corrected chi connectivity index (χ2v) is 5.79. The molecule has 0 spiro atoms. The highest BCUT2D eigenvalue weighted by Gasteiger charge is 2.19. The van der Waals surface area contributed by atoms with E-state index in [-0.39, 0.29) is 12.1 Å². The molecule has 2 aromatic rings. The van der Waals surface area contributed by atoms with Crippen molar-refractivity contribution < 1.29 is 27.8 Å². The van der Waals surface area contributed by atoms with Gasteiger partial charge in [0, 0.05) is 12.5 Å². The highest BCUT2D eigenvalue weighted by atomic mass is 19.1. The molecule has 1 atom stereocenters. The fourth-order valence-electron chi connectivity index (χ4n) is 2.38. The van der Waals surface area contributed by atoms with Gasteiger partial charge in [-0.1, -0.05) is 18.2 Å². The second-order valence-electron chi connectivity index (χ2n) is 5.79. The molecule has 144 valence electrons. The van der Waals surface area contributed by atoms with Crippen LogP contribution in [0.15, 0.2) is 42.5 Å². The molecule has 1 amide bonds. The van der Waals surface area contributed by atoms with Crippen LogP contribution in [-0.4, -0.2) is 24.6 Å². The maximum absolute atomic E-state index is 13.6. The molecule has 27 heavy (non-hydrogen) atoms. The van der Waals surface area contributed by atoms with E-state index >= 15 is 0 Å². The lowest BCUT2D eigenvalue weighted by atomic mass is 10.1. The van der Waals surface area contributed by atoms with E-state index in [1.54, 1.807) is 0 Å². The van der Waals surface area contributed by atoms with Crippen LogP contribution in [0.4, 0.5) is 14.5 Å². The summed E-state index contributed by atoms with van der Waals surface area (Å²) in [6, 6.07) is 10.0. The molecule has 7 heteroatoms. The first kappa shape index (κ1) is 20.4. The fourth-order valence-corrected chi connectivity index (χ4v) is 2.38. The van der Waals surface area contributed by atoms with Crippen LogP contribution in [0.3, 0.4) is 0 Å². The van der Waals surface area contributed by atoms with Crippen LogP contribution in [0.1, 0.15) is 25.8 Å². The van der Waals surface area contributed by atoms with Crippen LogP contribution < -0.4 is 10.1 Å². The average molecular weight is 377 g/mol. The predicted octanol–water partition coefficient (Wildman–Crippen LogP) is 3.87. The number of anilines is 1. The number of hydrogen-bond donors (Lipinski definition) is 1. The number of esters is 1. The number of aryl methyl sites for hydroxylation is 1. The van der Waals surface area contributed by atoms with Gasteiger partial charge in [-0.3, -0.25) is 9.59 Å². The van der Waals surface area contributed by atoms with Crippen molar-refractivity contribution in [2.45, 2.75) is 32.8 Å². The second kappa shape index (κ2) is 9.66. The predicted molar refractivity (Wildman–Crippen MR) is 96.5 cm³/mol.